The summed E-state index contributed by atoms with van der Waals surface area (Å²) in [6, 6.07) is 1.82. The first kappa shape index (κ1) is 21.9. The highest BCUT2D eigenvalue weighted by Crippen LogP contribution is 2.25. The van der Waals surface area contributed by atoms with Gasteiger partial charge in [-0.05, 0) is 43.8 Å². The quantitative estimate of drug-likeness (QED) is 0.852. The van der Waals surface area contributed by atoms with Crippen LogP contribution in [0.25, 0.3) is 0 Å². The third-order valence-corrected chi connectivity index (χ3v) is 5.15. The van der Waals surface area contributed by atoms with Gasteiger partial charge in [-0.3, -0.25) is 4.79 Å². The molecule has 1 aromatic heterocycles. The lowest BCUT2D eigenvalue weighted by atomic mass is 9.84. The molecule has 2 saturated heterocycles. The van der Waals surface area contributed by atoms with Crippen molar-refractivity contribution >= 4 is 36.7 Å². The van der Waals surface area contributed by atoms with E-state index in [0.29, 0.717) is 24.2 Å². The fraction of sp³-hybridized carbons (Fsp3) is 0.706. The van der Waals surface area contributed by atoms with Crippen molar-refractivity contribution < 1.29 is 4.79 Å². The van der Waals surface area contributed by atoms with Crippen LogP contribution in [0.4, 0.5) is 5.95 Å². The third-order valence-electron chi connectivity index (χ3n) is 5.15. The average Bonchev–Trinajstić information content (AvgIpc) is 2.63. The Morgan fingerprint density at radius 1 is 1.16 bits per heavy atom. The predicted molar refractivity (Wildman–Crippen MR) is 105 cm³/mol. The number of hydrogen-bond acceptors (Lipinski definition) is 5. The monoisotopic (exact) mass is 389 g/mol. The van der Waals surface area contributed by atoms with Crippen molar-refractivity contribution in [3.8, 4) is 0 Å². The second-order valence-corrected chi connectivity index (χ2v) is 6.69. The minimum Gasteiger partial charge on any atom is -0.339 e. The van der Waals surface area contributed by atoms with Crippen molar-refractivity contribution in [2.75, 3.05) is 44.2 Å². The lowest BCUT2D eigenvalue weighted by molar-refractivity contribution is -0.132. The minimum absolute atomic E-state index is 0. The normalized spacial score (nSPS) is 19.6. The minimum atomic E-state index is 0. The zero-order chi connectivity index (χ0) is 16.1. The summed E-state index contributed by atoms with van der Waals surface area (Å²) < 4.78 is 0. The van der Waals surface area contributed by atoms with Gasteiger partial charge in [0.25, 0.3) is 0 Å². The number of carbonyl (C=O) groups excluding carboxylic acids is 1. The summed E-state index contributed by atoms with van der Waals surface area (Å²) in [5.74, 6) is 2.26. The van der Waals surface area contributed by atoms with Crippen LogP contribution in [0.2, 0.25) is 0 Å². The maximum Gasteiger partial charge on any atom is 0.225 e. The summed E-state index contributed by atoms with van der Waals surface area (Å²) in [7, 11) is 0. The predicted octanol–water partition coefficient (Wildman–Crippen LogP) is 1.99. The Morgan fingerprint density at radius 3 is 2.36 bits per heavy atom. The number of amides is 1. The van der Waals surface area contributed by atoms with E-state index in [1.165, 1.54) is 12.8 Å². The molecule has 2 aliphatic heterocycles. The lowest BCUT2D eigenvalue weighted by Gasteiger charge is -2.36. The molecule has 0 spiro atoms. The number of aromatic nitrogens is 2. The largest absolute Gasteiger partial charge is 0.339 e. The van der Waals surface area contributed by atoms with E-state index in [9.17, 15) is 4.79 Å². The first-order chi connectivity index (χ1) is 11.2. The number of rotatable bonds is 4. The van der Waals surface area contributed by atoms with Gasteiger partial charge in [-0.25, -0.2) is 9.97 Å². The van der Waals surface area contributed by atoms with E-state index in [4.69, 9.17) is 0 Å². The topological polar surface area (TPSA) is 61.4 Å². The molecule has 0 bridgehead atoms. The maximum atomic E-state index is 12.6. The number of piperidine rings is 1. The maximum absolute atomic E-state index is 12.6. The number of carbonyl (C=O) groups is 1. The Kier molecular flexibility index (Phi) is 9.46. The second kappa shape index (κ2) is 10.8. The molecule has 0 saturated carbocycles. The number of halogens is 2. The van der Waals surface area contributed by atoms with E-state index < -0.39 is 0 Å². The standard InChI is InChI=1S/C17H27N5O.2ClH/c1-14(15-3-7-18-8-4-15)13-16(23)21-9-11-22(12-10-21)17-19-5-2-6-20-17;;/h2,5-6,14-15,18H,3-4,7-13H2,1H3;2*1H. The Bertz CT molecular complexity index is 505. The summed E-state index contributed by atoms with van der Waals surface area (Å²) in [4.78, 5) is 25.3. The molecular formula is C17H29Cl2N5O. The van der Waals surface area contributed by atoms with Crippen molar-refractivity contribution in [1.82, 2.24) is 20.2 Å². The van der Waals surface area contributed by atoms with Crippen LogP contribution in [0, 0.1) is 11.8 Å². The molecule has 1 atom stereocenters. The fourth-order valence-electron chi connectivity index (χ4n) is 3.59. The van der Waals surface area contributed by atoms with E-state index in [2.05, 4.69) is 27.1 Å². The van der Waals surface area contributed by atoms with Crippen LogP contribution >= 0.6 is 24.8 Å². The SMILES string of the molecule is CC(CC(=O)N1CCN(c2ncccn2)CC1)C1CCNCC1.Cl.Cl. The molecule has 6 nitrogen and oxygen atoms in total. The van der Waals surface area contributed by atoms with Crippen LogP contribution in [0.15, 0.2) is 18.5 Å². The molecule has 1 N–H and O–H groups in total. The van der Waals surface area contributed by atoms with E-state index in [1.807, 2.05) is 11.0 Å². The van der Waals surface area contributed by atoms with Crippen molar-refractivity contribution in [3.05, 3.63) is 18.5 Å². The Morgan fingerprint density at radius 2 is 1.76 bits per heavy atom. The molecule has 1 unspecified atom stereocenters. The van der Waals surface area contributed by atoms with Crippen LogP contribution in [-0.4, -0.2) is 60.0 Å². The fourth-order valence-corrected chi connectivity index (χ4v) is 3.59. The molecule has 25 heavy (non-hydrogen) atoms. The molecular weight excluding hydrogens is 361 g/mol. The first-order valence-corrected chi connectivity index (χ1v) is 8.74. The van der Waals surface area contributed by atoms with E-state index in [0.717, 1.165) is 45.2 Å². The summed E-state index contributed by atoms with van der Waals surface area (Å²) >= 11 is 0. The molecule has 8 heteroatoms. The summed E-state index contributed by atoms with van der Waals surface area (Å²) in [5, 5.41) is 3.39. The van der Waals surface area contributed by atoms with Gasteiger partial charge in [0.2, 0.25) is 11.9 Å². The number of piperazine rings is 1. The number of nitrogens with zero attached hydrogens (tertiary/aromatic N) is 4. The smallest absolute Gasteiger partial charge is 0.225 e. The molecule has 2 aliphatic rings. The molecule has 0 aliphatic carbocycles. The highest BCUT2D eigenvalue weighted by atomic mass is 35.5. The number of nitrogens with one attached hydrogen (secondary N) is 1. The van der Waals surface area contributed by atoms with E-state index in [-0.39, 0.29) is 24.8 Å². The molecule has 3 heterocycles. The zero-order valence-electron chi connectivity index (χ0n) is 14.8. The van der Waals surface area contributed by atoms with Crippen molar-refractivity contribution in [3.63, 3.8) is 0 Å². The van der Waals surface area contributed by atoms with Crippen LogP contribution in [0.5, 0.6) is 0 Å². The Hall–Kier alpha value is -1.11. The van der Waals surface area contributed by atoms with Crippen LogP contribution in [0.3, 0.4) is 0 Å². The lowest BCUT2D eigenvalue weighted by Crippen LogP contribution is -2.49. The van der Waals surface area contributed by atoms with Gasteiger partial charge in [-0.1, -0.05) is 6.92 Å². The second-order valence-electron chi connectivity index (χ2n) is 6.69. The summed E-state index contributed by atoms with van der Waals surface area (Å²) in [6.45, 7) is 7.61. The van der Waals surface area contributed by atoms with Crippen molar-refractivity contribution in [1.29, 1.82) is 0 Å². The molecule has 0 aromatic carbocycles. The van der Waals surface area contributed by atoms with E-state index >= 15 is 0 Å². The molecule has 1 aromatic rings. The van der Waals surface area contributed by atoms with Gasteiger partial charge in [-0.15, -0.1) is 24.8 Å². The Balaban J connectivity index is 0.00000156. The van der Waals surface area contributed by atoms with Crippen molar-refractivity contribution in [2.24, 2.45) is 11.8 Å². The molecule has 1 amide bonds. The van der Waals surface area contributed by atoms with Gasteiger partial charge in [0, 0.05) is 45.0 Å². The third kappa shape index (κ3) is 5.97. The van der Waals surface area contributed by atoms with Crippen LogP contribution in [-0.2, 0) is 4.79 Å². The van der Waals surface area contributed by atoms with Gasteiger partial charge in [0.15, 0.2) is 0 Å². The summed E-state index contributed by atoms with van der Waals surface area (Å²) in [6.07, 6.45) is 6.62. The van der Waals surface area contributed by atoms with Gasteiger partial charge in [-0.2, -0.15) is 0 Å². The highest BCUT2D eigenvalue weighted by Gasteiger charge is 2.26. The first-order valence-electron chi connectivity index (χ1n) is 8.74. The molecule has 142 valence electrons. The zero-order valence-corrected chi connectivity index (χ0v) is 16.4. The van der Waals surface area contributed by atoms with Gasteiger partial charge < -0.3 is 15.1 Å². The Labute approximate surface area is 162 Å². The number of anilines is 1. The molecule has 2 fully saturated rings. The van der Waals surface area contributed by atoms with Crippen LogP contribution in [0.1, 0.15) is 26.2 Å². The summed E-state index contributed by atoms with van der Waals surface area (Å²) in [5.41, 5.74) is 0. The van der Waals surface area contributed by atoms with Crippen molar-refractivity contribution in [2.45, 2.75) is 26.2 Å². The molecule has 0 radical (unpaired) electrons. The average molecular weight is 390 g/mol. The van der Waals surface area contributed by atoms with Gasteiger partial charge in [0.05, 0.1) is 0 Å². The number of hydrogen-bond donors (Lipinski definition) is 1. The molecule has 3 rings (SSSR count). The van der Waals surface area contributed by atoms with Gasteiger partial charge in [0.1, 0.15) is 0 Å². The van der Waals surface area contributed by atoms with Gasteiger partial charge >= 0.3 is 0 Å². The van der Waals surface area contributed by atoms with Crippen LogP contribution < -0.4 is 10.2 Å². The van der Waals surface area contributed by atoms with E-state index in [1.54, 1.807) is 12.4 Å². The highest BCUT2D eigenvalue weighted by molar-refractivity contribution is 5.85.